The maximum atomic E-state index is 12.5. The summed E-state index contributed by atoms with van der Waals surface area (Å²) in [6.07, 6.45) is 2.59. The number of hydrogen-bond acceptors (Lipinski definition) is 5. The van der Waals surface area contributed by atoms with Crippen molar-refractivity contribution in [1.82, 2.24) is 4.90 Å². The Morgan fingerprint density at radius 1 is 1.36 bits per heavy atom. The van der Waals surface area contributed by atoms with Crippen molar-refractivity contribution in [2.75, 3.05) is 20.3 Å². The van der Waals surface area contributed by atoms with Crippen LogP contribution in [0.15, 0.2) is 24.3 Å². The number of methoxy groups -OCH3 is 1. The fourth-order valence-corrected chi connectivity index (χ4v) is 3.22. The lowest BCUT2D eigenvalue weighted by Crippen LogP contribution is -2.46. The standard InChI is InChI=1S/C19H24N2O4/c1-3-4-12-21-17(22)10-9-16(19(23)25-13-11-20)18(21)14-5-7-15(24-2)8-6-14/h5-8,16,18H,3-4,9-10,12-13H2,1-2H3/t16-,18+/m1/s1. The Bertz CT molecular complexity index is 636. The Hall–Kier alpha value is -2.55. The van der Waals surface area contributed by atoms with Crippen LogP contribution in [0.25, 0.3) is 0 Å². The van der Waals surface area contributed by atoms with E-state index in [1.807, 2.05) is 30.3 Å². The van der Waals surface area contributed by atoms with E-state index in [2.05, 4.69) is 6.92 Å². The maximum Gasteiger partial charge on any atom is 0.312 e. The second-order valence-electron chi connectivity index (χ2n) is 6.07. The molecule has 2 rings (SSSR count). The van der Waals surface area contributed by atoms with Gasteiger partial charge in [0.1, 0.15) is 11.8 Å². The summed E-state index contributed by atoms with van der Waals surface area (Å²) < 4.78 is 10.2. The van der Waals surface area contributed by atoms with Crippen molar-refractivity contribution < 1.29 is 19.1 Å². The number of esters is 1. The van der Waals surface area contributed by atoms with Gasteiger partial charge in [-0.1, -0.05) is 25.5 Å². The fraction of sp³-hybridized carbons (Fsp3) is 0.526. The van der Waals surface area contributed by atoms with E-state index in [1.165, 1.54) is 0 Å². The van der Waals surface area contributed by atoms with Gasteiger partial charge in [0.25, 0.3) is 0 Å². The van der Waals surface area contributed by atoms with Crippen molar-refractivity contribution >= 4 is 11.9 Å². The zero-order valence-electron chi connectivity index (χ0n) is 14.7. The van der Waals surface area contributed by atoms with E-state index in [0.29, 0.717) is 19.4 Å². The predicted octanol–water partition coefficient (Wildman–Crippen LogP) is 2.84. The van der Waals surface area contributed by atoms with Crippen molar-refractivity contribution in [3.63, 3.8) is 0 Å². The Morgan fingerprint density at radius 2 is 2.08 bits per heavy atom. The van der Waals surface area contributed by atoms with Crippen LogP contribution in [0.4, 0.5) is 0 Å². The molecule has 1 aromatic rings. The van der Waals surface area contributed by atoms with Gasteiger partial charge in [0.2, 0.25) is 5.91 Å². The lowest BCUT2D eigenvalue weighted by molar-refractivity contribution is -0.156. The van der Waals surface area contributed by atoms with Crippen LogP contribution in [-0.2, 0) is 14.3 Å². The third-order valence-corrected chi connectivity index (χ3v) is 4.50. The van der Waals surface area contributed by atoms with E-state index in [9.17, 15) is 9.59 Å². The van der Waals surface area contributed by atoms with Crippen molar-refractivity contribution in [1.29, 1.82) is 5.26 Å². The molecule has 0 N–H and O–H groups in total. The highest BCUT2D eigenvalue weighted by molar-refractivity contribution is 5.82. The molecule has 0 bridgehead atoms. The van der Waals surface area contributed by atoms with E-state index in [0.717, 1.165) is 24.2 Å². The van der Waals surface area contributed by atoms with Gasteiger partial charge in [-0.25, -0.2) is 0 Å². The number of carbonyl (C=O) groups excluding carboxylic acids is 2. The topological polar surface area (TPSA) is 79.6 Å². The molecule has 0 aromatic heterocycles. The fourth-order valence-electron chi connectivity index (χ4n) is 3.22. The van der Waals surface area contributed by atoms with Gasteiger partial charge >= 0.3 is 5.97 Å². The molecular weight excluding hydrogens is 320 g/mol. The minimum Gasteiger partial charge on any atom is -0.497 e. The average molecular weight is 344 g/mol. The molecule has 1 aliphatic rings. The Labute approximate surface area is 148 Å². The summed E-state index contributed by atoms with van der Waals surface area (Å²) in [5.41, 5.74) is 0.879. The molecule has 2 atom stereocenters. The van der Waals surface area contributed by atoms with Gasteiger partial charge in [-0.15, -0.1) is 0 Å². The summed E-state index contributed by atoms with van der Waals surface area (Å²) in [6.45, 7) is 2.40. The molecule has 134 valence electrons. The van der Waals surface area contributed by atoms with E-state index in [1.54, 1.807) is 12.0 Å². The second kappa shape index (κ2) is 9.07. The monoisotopic (exact) mass is 344 g/mol. The average Bonchev–Trinajstić information content (AvgIpc) is 2.65. The Kier molecular flexibility index (Phi) is 6.81. The normalized spacial score (nSPS) is 20.0. The van der Waals surface area contributed by atoms with Gasteiger partial charge in [-0.3, -0.25) is 9.59 Å². The smallest absolute Gasteiger partial charge is 0.312 e. The molecule has 1 aliphatic heterocycles. The van der Waals surface area contributed by atoms with E-state index in [-0.39, 0.29) is 18.6 Å². The lowest BCUT2D eigenvalue weighted by Gasteiger charge is -2.40. The van der Waals surface area contributed by atoms with Gasteiger partial charge in [0.15, 0.2) is 6.61 Å². The van der Waals surface area contributed by atoms with Crippen LogP contribution in [0, 0.1) is 17.2 Å². The molecular formula is C19H24N2O4. The third kappa shape index (κ3) is 4.50. The molecule has 0 saturated carbocycles. The molecule has 0 unspecified atom stereocenters. The van der Waals surface area contributed by atoms with Crippen LogP contribution in [-0.4, -0.2) is 37.0 Å². The van der Waals surface area contributed by atoms with Crippen LogP contribution in [0.3, 0.4) is 0 Å². The molecule has 0 spiro atoms. The molecule has 0 radical (unpaired) electrons. The van der Waals surface area contributed by atoms with E-state index >= 15 is 0 Å². The highest BCUT2D eigenvalue weighted by Gasteiger charge is 2.41. The molecule has 25 heavy (non-hydrogen) atoms. The molecule has 1 fully saturated rings. The molecule has 6 nitrogen and oxygen atoms in total. The largest absolute Gasteiger partial charge is 0.497 e. The number of likely N-dealkylation sites (tertiary alicyclic amines) is 1. The van der Waals surface area contributed by atoms with E-state index < -0.39 is 11.9 Å². The van der Waals surface area contributed by atoms with Crippen LogP contribution in [0.2, 0.25) is 0 Å². The summed E-state index contributed by atoms with van der Waals surface area (Å²) in [6, 6.07) is 8.86. The predicted molar refractivity (Wildman–Crippen MR) is 91.7 cm³/mol. The summed E-state index contributed by atoms with van der Waals surface area (Å²) in [7, 11) is 1.59. The van der Waals surface area contributed by atoms with Gasteiger partial charge < -0.3 is 14.4 Å². The minimum absolute atomic E-state index is 0.0543. The van der Waals surface area contributed by atoms with Crippen LogP contribution < -0.4 is 4.74 Å². The van der Waals surface area contributed by atoms with Gasteiger partial charge in [-0.05, 0) is 30.5 Å². The Morgan fingerprint density at radius 3 is 2.68 bits per heavy atom. The number of amides is 1. The first-order chi connectivity index (χ1) is 12.1. The van der Waals surface area contributed by atoms with Gasteiger partial charge in [0, 0.05) is 13.0 Å². The SMILES string of the molecule is CCCCN1C(=O)CC[C@@H](C(=O)OCC#N)[C@@H]1c1ccc(OC)cc1. The summed E-state index contributed by atoms with van der Waals surface area (Å²) in [5.74, 6) is -0.110. The number of carbonyl (C=O) groups is 2. The van der Waals surface area contributed by atoms with Gasteiger partial charge in [0.05, 0.1) is 19.1 Å². The van der Waals surface area contributed by atoms with Crippen molar-refractivity contribution in [2.24, 2.45) is 5.92 Å². The number of nitriles is 1. The Balaban J connectivity index is 2.34. The van der Waals surface area contributed by atoms with E-state index in [4.69, 9.17) is 14.7 Å². The third-order valence-electron chi connectivity index (χ3n) is 4.50. The number of nitrogens with zero attached hydrogens (tertiary/aromatic N) is 2. The van der Waals surface area contributed by atoms with Crippen LogP contribution in [0.5, 0.6) is 5.75 Å². The lowest BCUT2D eigenvalue weighted by atomic mass is 9.84. The highest BCUT2D eigenvalue weighted by Crippen LogP contribution is 2.38. The summed E-state index contributed by atoms with van der Waals surface area (Å²) in [5, 5.41) is 8.66. The molecule has 1 aromatic carbocycles. The zero-order valence-corrected chi connectivity index (χ0v) is 14.7. The molecule has 1 heterocycles. The maximum absolute atomic E-state index is 12.5. The summed E-state index contributed by atoms with van der Waals surface area (Å²) >= 11 is 0. The van der Waals surface area contributed by atoms with Gasteiger partial charge in [-0.2, -0.15) is 5.26 Å². The first-order valence-corrected chi connectivity index (χ1v) is 8.59. The number of benzene rings is 1. The first-order valence-electron chi connectivity index (χ1n) is 8.59. The van der Waals surface area contributed by atoms with Crippen LogP contribution in [0.1, 0.15) is 44.2 Å². The number of hydrogen-bond donors (Lipinski definition) is 0. The molecule has 0 aliphatic carbocycles. The van der Waals surface area contributed by atoms with Crippen molar-refractivity contribution in [3.8, 4) is 11.8 Å². The molecule has 1 saturated heterocycles. The molecule has 6 heteroatoms. The van der Waals surface area contributed by atoms with Crippen molar-refractivity contribution in [3.05, 3.63) is 29.8 Å². The minimum atomic E-state index is -0.462. The number of piperidine rings is 1. The molecule has 1 amide bonds. The second-order valence-corrected chi connectivity index (χ2v) is 6.07. The number of ether oxygens (including phenoxy) is 2. The zero-order chi connectivity index (χ0) is 18.2. The van der Waals surface area contributed by atoms with Crippen molar-refractivity contribution in [2.45, 2.75) is 38.6 Å². The number of rotatable bonds is 7. The quantitative estimate of drug-likeness (QED) is 0.711. The highest BCUT2D eigenvalue weighted by atomic mass is 16.5. The summed E-state index contributed by atoms with van der Waals surface area (Å²) in [4.78, 5) is 26.7. The van der Waals surface area contributed by atoms with Crippen LogP contribution >= 0.6 is 0 Å². The first kappa shape index (κ1) is 18.8. The number of unbranched alkanes of at least 4 members (excludes halogenated alkanes) is 1.